The predicted molar refractivity (Wildman–Crippen MR) is 134 cm³/mol. The molecule has 0 radical (unpaired) electrons. The van der Waals surface area contributed by atoms with Crippen molar-refractivity contribution in [1.82, 2.24) is 0 Å². The Morgan fingerprint density at radius 1 is 0.667 bits per heavy atom. The zero-order chi connectivity index (χ0) is 23.9. The van der Waals surface area contributed by atoms with Gasteiger partial charge < -0.3 is 10.2 Å². The Kier molecular flexibility index (Phi) is 12.3. The standard InChI is InChI=1S/C29H40O4/c1-2-3-4-5-6-7-8-9-10-11-12-16-19-24-20-21-25(28(30)31)27(29(32)33)26(24)22-23-17-14-13-15-18-23/h13-15,17-18,20-21H,2-12,16,19,22H2,1H3,(H,30,31)(H,32,33). The summed E-state index contributed by atoms with van der Waals surface area (Å²) in [4.78, 5) is 23.7. The summed E-state index contributed by atoms with van der Waals surface area (Å²) in [7, 11) is 0. The molecule has 0 heterocycles. The molecule has 0 aromatic heterocycles. The molecule has 180 valence electrons. The molecule has 0 fully saturated rings. The minimum Gasteiger partial charge on any atom is -0.478 e. The summed E-state index contributed by atoms with van der Waals surface area (Å²) in [6.45, 7) is 2.25. The number of carbonyl (C=O) groups is 2. The van der Waals surface area contributed by atoms with Crippen LogP contribution < -0.4 is 0 Å². The number of hydrogen-bond acceptors (Lipinski definition) is 2. The Morgan fingerprint density at radius 2 is 1.21 bits per heavy atom. The monoisotopic (exact) mass is 452 g/mol. The second-order valence-corrected chi connectivity index (χ2v) is 9.04. The van der Waals surface area contributed by atoms with Gasteiger partial charge in [0, 0.05) is 0 Å². The van der Waals surface area contributed by atoms with Gasteiger partial charge in [0.25, 0.3) is 0 Å². The van der Waals surface area contributed by atoms with Crippen molar-refractivity contribution in [3.63, 3.8) is 0 Å². The summed E-state index contributed by atoms with van der Waals surface area (Å²) in [5.74, 6) is -2.37. The van der Waals surface area contributed by atoms with Crippen molar-refractivity contribution < 1.29 is 19.8 Å². The molecule has 0 aliphatic carbocycles. The lowest BCUT2D eigenvalue weighted by Crippen LogP contribution is -2.14. The zero-order valence-corrected chi connectivity index (χ0v) is 20.2. The summed E-state index contributed by atoms with van der Waals surface area (Å²) < 4.78 is 0. The predicted octanol–water partition coefficient (Wildman–Crippen LogP) is 7.92. The van der Waals surface area contributed by atoms with Crippen molar-refractivity contribution in [3.05, 3.63) is 70.3 Å². The third kappa shape index (κ3) is 9.41. The van der Waals surface area contributed by atoms with Crippen LogP contribution in [0.15, 0.2) is 42.5 Å². The number of benzene rings is 2. The highest BCUT2D eigenvalue weighted by atomic mass is 16.4. The number of carboxylic acid groups (broad SMARTS) is 2. The molecule has 2 rings (SSSR count). The van der Waals surface area contributed by atoms with Crippen LogP contribution in [0.1, 0.15) is 121 Å². The maximum atomic E-state index is 12.0. The van der Waals surface area contributed by atoms with Gasteiger partial charge in [-0.1, -0.05) is 114 Å². The molecule has 4 heteroatoms. The number of unbranched alkanes of at least 4 members (excludes halogenated alkanes) is 11. The van der Waals surface area contributed by atoms with E-state index in [9.17, 15) is 19.8 Å². The Morgan fingerprint density at radius 3 is 1.73 bits per heavy atom. The van der Waals surface area contributed by atoms with Crippen molar-refractivity contribution in [3.8, 4) is 0 Å². The normalized spacial score (nSPS) is 10.9. The van der Waals surface area contributed by atoms with Crippen molar-refractivity contribution in [2.45, 2.75) is 96.8 Å². The molecule has 0 saturated carbocycles. The minimum atomic E-state index is -1.20. The lowest BCUT2D eigenvalue weighted by molar-refractivity contribution is 0.0650. The molecule has 0 amide bonds. The van der Waals surface area contributed by atoms with Gasteiger partial charge in [-0.2, -0.15) is 0 Å². The van der Waals surface area contributed by atoms with Gasteiger partial charge in [0.1, 0.15) is 0 Å². The van der Waals surface area contributed by atoms with Crippen LogP contribution in [0.3, 0.4) is 0 Å². The largest absolute Gasteiger partial charge is 0.478 e. The molecule has 0 aliphatic rings. The van der Waals surface area contributed by atoms with E-state index in [1.165, 1.54) is 70.3 Å². The Bertz CT molecular complexity index is 857. The third-order valence-electron chi connectivity index (χ3n) is 6.38. The summed E-state index contributed by atoms with van der Waals surface area (Å²) in [5, 5.41) is 19.3. The zero-order valence-electron chi connectivity index (χ0n) is 20.2. The van der Waals surface area contributed by atoms with Crippen LogP contribution in [0, 0.1) is 0 Å². The minimum absolute atomic E-state index is 0.0669. The molecular weight excluding hydrogens is 412 g/mol. The first-order chi connectivity index (χ1) is 16.0. The molecule has 0 atom stereocenters. The van der Waals surface area contributed by atoms with Gasteiger partial charge in [-0.3, -0.25) is 0 Å². The quantitative estimate of drug-likeness (QED) is 0.239. The van der Waals surface area contributed by atoms with E-state index in [0.29, 0.717) is 12.0 Å². The second-order valence-electron chi connectivity index (χ2n) is 9.04. The number of rotatable bonds is 17. The molecule has 4 nitrogen and oxygen atoms in total. The van der Waals surface area contributed by atoms with Crippen LogP contribution in [-0.4, -0.2) is 22.2 Å². The van der Waals surface area contributed by atoms with Crippen molar-refractivity contribution in [2.75, 3.05) is 0 Å². The van der Waals surface area contributed by atoms with E-state index in [1.54, 1.807) is 0 Å². The number of carboxylic acids is 2. The first kappa shape index (κ1) is 26.6. The van der Waals surface area contributed by atoms with Gasteiger partial charge in [0.2, 0.25) is 0 Å². The van der Waals surface area contributed by atoms with E-state index in [2.05, 4.69) is 6.92 Å². The van der Waals surface area contributed by atoms with Crippen molar-refractivity contribution >= 4 is 11.9 Å². The number of aromatic carboxylic acids is 2. The maximum absolute atomic E-state index is 12.0. The summed E-state index contributed by atoms with van der Waals surface area (Å²) in [6.07, 6.45) is 16.5. The smallest absolute Gasteiger partial charge is 0.336 e. The van der Waals surface area contributed by atoms with Crippen LogP contribution in [0.2, 0.25) is 0 Å². The van der Waals surface area contributed by atoms with E-state index >= 15 is 0 Å². The highest BCUT2D eigenvalue weighted by molar-refractivity contribution is 6.03. The SMILES string of the molecule is CCCCCCCCCCCCCCc1ccc(C(=O)O)c(C(=O)O)c1Cc1ccccc1. The second kappa shape index (κ2) is 15.3. The van der Waals surface area contributed by atoms with Gasteiger partial charge in [-0.05, 0) is 42.0 Å². The molecule has 0 spiro atoms. The summed E-state index contributed by atoms with van der Waals surface area (Å²) >= 11 is 0. The van der Waals surface area contributed by atoms with Gasteiger partial charge >= 0.3 is 11.9 Å². The Hall–Kier alpha value is -2.62. The molecule has 0 aliphatic heterocycles. The van der Waals surface area contributed by atoms with E-state index in [-0.39, 0.29) is 11.1 Å². The molecule has 2 aromatic rings. The molecule has 0 saturated heterocycles. The van der Waals surface area contributed by atoms with Gasteiger partial charge in [-0.25, -0.2) is 9.59 Å². The molecule has 33 heavy (non-hydrogen) atoms. The highest BCUT2D eigenvalue weighted by Gasteiger charge is 2.22. The molecule has 0 unspecified atom stereocenters. The van der Waals surface area contributed by atoms with Crippen LogP contribution in [0.25, 0.3) is 0 Å². The first-order valence-corrected chi connectivity index (χ1v) is 12.7. The maximum Gasteiger partial charge on any atom is 0.336 e. The number of hydrogen-bond donors (Lipinski definition) is 2. The number of aryl methyl sites for hydroxylation is 1. The fourth-order valence-corrected chi connectivity index (χ4v) is 4.51. The topological polar surface area (TPSA) is 74.6 Å². The van der Waals surface area contributed by atoms with Gasteiger partial charge in [0.15, 0.2) is 0 Å². The van der Waals surface area contributed by atoms with E-state index in [4.69, 9.17) is 0 Å². The highest BCUT2D eigenvalue weighted by Crippen LogP contribution is 2.25. The first-order valence-electron chi connectivity index (χ1n) is 12.7. The van der Waals surface area contributed by atoms with Crippen molar-refractivity contribution in [2.24, 2.45) is 0 Å². The van der Waals surface area contributed by atoms with Crippen LogP contribution in [0.4, 0.5) is 0 Å². The molecule has 2 N–H and O–H groups in total. The fraction of sp³-hybridized carbons (Fsp3) is 0.517. The average molecular weight is 453 g/mol. The third-order valence-corrected chi connectivity index (χ3v) is 6.38. The van der Waals surface area contributed by atoms with Gasteiger partial charge in [-0.15, -0.1) is 0 Å². The van der Waals surface area contributed by atoms with Crippen LogP contribution in [-0.2, 0) is 12.8 Å². The lowest BCUT2D eigenvalue weighted by atomic mass is 9.89. The summed E-state index contributed by atoms with van der Waals surface area (Å²) in [5.41, 5.74) is 2.37. The fourth-order valence-electron chi connectivity index (χ4n) is 4.51. The molecular formula is C29H40O4. The van der Waals surface area contributed by atoms with E-state index in [1.807, 2.05) is 36.4 Å². The Balaban J connectivity index is 1.89. The van der Waals surface area contributed by atoms with Crippen LogP contribution >= 0.6 is 0 Å². The molecule has 0 bridgehead atoms. The average Bonchev–Trinajstić information content (AvgIpc) is 2.80. The van der Waals surface area contributed by atoms with E-state index in [0.717, 1.165) is 30.4 Å². The summed E-state index contributed by atoms with van der Waals surface area (Å²) in [6, 6.07) is 12.9. The lowest BCUT2D eigenvalue weighted by Gasteiger charge is -2.15. The van der Waals surface area contributed by atoms with Crippen LogP contribution in [0.5, 0.6) is 0 Å². The van der Waals surface area contributed by atoms with E-state index < -0.39 is 11.9 Å². The van der Waals surface area contributed by atoms with Crippen molar-refractivity contribution in [1.29, 1.82) is 0 Å². The Labute approximate surface area is 199 Å². The van der Waals surface area contributed by atoms with Gasteiger partial charge in [0.05, 0.1) is 11.1 Å². The molecule has 2 aromatic carbocycles.